The summed E-state index contributed by atoms with van der Waals surface area (Å²) in [4.78, 5) is 24.4. The van der Waals surface area contributed by atoms with Crippen LogP contribution in [0, 0.1) is 11.6 Å². The quantitative estimate of drug-likeness (QED) is 0.519. The van der Waals surface area contributed by atoms with E-state index >= 15 is 0 Å². The third-order valence-electron chi connectivity index (χ3n) is 5.06. The molecular formula is C22H26F2N4O5S. The first-order chi connectivity index (χ1) is 16.2. The number of benzene rings is 2. The molecule has 1 aliphatic rings. The summed E-state index contributed by atoms with van der Waals surface area (Å²) >= 11 is 0. The number of carbonyl (C=O) groups excluding carboxylic acids is 2. The molecular weight excluding hydrogens is 470 g/mol. The number of anilines is 2. The van der Waals surface area contributed by atoms with Crippen LogP contribution in [0.5, 0.6) is 5.75 Å². The number of nitrogens with one attached hydrogen (secondary N) is 3. The Bertz CT molecular complexity index is 1150. The van der Waals surface area contributed by atoms with Crippen LogP contribution in [0.1, 0.15) is 26.2 Å². The first-order valence-corrected chi connectivity index (χ1v) is 12.2. The molecule has 1 aliphatic heterocycles. The number of sulfonamides is 1. The van der Waals surface area contributed by atoms with E-state index in [9.17, 15) is 26.8 Å². The Kier molecular flexibility index (Phi) is 8.40. The van der Waals surface area contributed by atoms with Gasteiger partial charge >= 0.3 is 6.03 Å². The van der Waals surface area contributed by atoms with E-state index < -0.39 is 40.1 Å². The first-order valence-electron chi connectivity index (χ1n) is 10.8. The van der Waals surface area contributed by atoms with Crippen molar-refractivity contribution in [1.29, 1.82) is 0 Å². The fourth-order valence-corrected chi connectivity index (χ4v) is 4.95. The summed E-state index contributed by atoms with van der Waals surface area (Å²) in [6.45, 7) is 2.42. The summed E-state index contributed by atoms with van der Waals surface area (Å²) in [5.41, 5.74) is 0.152. The zero-order valence-corrected chi connectivity index (χ0v) is 19.4. The Labute approximate surface area is 196 Å². The SMILES string of the molecule is CCOc1ccc(S(=O)(=O)N2CCCCC2)cc1NC(=O)NCC(=O)Nc1ccc(F)c(F)c1. The third-order valence-corrected chi connectivity index (χ3v) is 6.96. The van der Waals surface area contributed by atoms with Crippen molar-refractivity contribution in [2.45, 2.75) is 31.1 Å². The summed E-state index contributed by atoms with van der Waals surface area (Å²) in [7, 11) is -3.73. The first kappa shape index (κ1) is 25.4. The van der Waals surface area contributed by atoms with Gasteiger partial charge in [-0.2, -0.15) is 4.31 Å². The van der Waals surface area contributed by atoms with Crippen LogP contribution in [0.2, 0.25) is 0 Å². The molecule has 1 fully saturated rings. The standard InChI is InChI=1S/C22H26F2N4O5S/c1-2-33-20-9-7-16(34(31,32)28-10-4-3-5-11-28)13-19(20)27-22(30)25-14-21(29)26-15-6-8-17(23)18(24)12-15/h6-9,12-13H,2-5,10-11,14H2,1H3,(H,26,29)(H2,25,27,30). The van der Waals surface area contributed by atoms with Gasteiger partial charge in [-0.3, -0.25) is 4.79 Å². The smallest absolute Gasteiger partial charge is 0.319 e. The Morgan fingerprint density at radius 1 is 1.00 bits per heavy atom. The van der Waals surface area contributed by atoms with Crippen LogP contribution in [-0.4, -0.2) is 50.9 Å². The molecule has 34 heavy (non-hydrogen) atoms. The highest BCUT2D eigenvalue weighted by molar-refractivity contribution is 7.89. The van der Waals surface area contributed by atoms with E-state index in [1.807, 2.05) is 0 Å². The second-order valence-corrected chi connectivity index (χ2v) is 9.48. The van der Waals surface area contributed by atoms with Gasteiger partial charge in [-0.05, 0) is 50.1 Å². The van der Waals surface area contributed by atoms with Crippen LogP contribution in [0.4, 0.5) is 25.0 Å². The van der Waals surface area contributed by atoms with Gasteiger partial charge in [-0.1, -0.05) is 6.42 Å². The van der Waals surface area contributed by atoms with Crippen LogP contribution in [0.25, 0.3) is 0 Å². The second-order valence-electron chi connectivity index (χ2n) is 7.54. The number of carbonyl (C=O) groups is 2. The molecule has 0 saturated carbocycles. The molecule has 12 heteroatoms. The number of amides is 3. The van der Waals surface area contributed by atoms with Crippen LogP contribution in [0.15, 0.2) is 41.3 Å². The minimum atomic E-state index is -3.73. The van der Waals surface area contributed by atoms with Crippen molar-refractivity contribution in [3.63, 3.8) is 0 Å². The van der Waals surface area contributed by atoms with Gasteiger partial charge in [-0.15, -0.1) is 0 Å². The molecule has 0 aromatic heterocycles. The van der Waals surface area contributed by atoms with Crippen molar-refractivity contribution >= 4 is 33.3 Å². The molecule has 3 amide bonds. The van der Waals surface area contributed by atoms with E-state index in [1.165, 1.54) is 28.6 Å². The highest BCUT2D eigenvalue weighted by Gasteiger charge is 2.27. The van der Waals surface area contributed by atoms with Gasteiger partial charge in [0.2, 0.25) is 15.9 Å². The largest absolute Gasteiger partial charge is 0.492 e. The predicted octanol–water partition coefficient (Wildman–Crippen LogP) is 3.30. The van der Waals surface area contributed by atoms with Crippen molar-refractivity contribution in [2.24, 2.45) is 0 Å². The van der Waals surface area contributed by atoms with E-state index in [1.54, 1.807) is 6.92 Å². The molecule has 0 bridgehead atoms. The Morgan fingerprint density at radius 3 is 2.41 bits per heavy atom. The van der Waals surface area contributed by atoms with Gasteiger partial charge in [0.1, 0.15) is 5.75 Å². The lowest BCUT2D eigenvalue weighted by Crippen LogP contribution is -2.36. The molecule has 0 aliphatic carbocycles. The monoisotopic (exact) mass is 496 g/mol. The van der Waals surface area contributed by atoms with Gasteiger partial charge in [0.05, 0.1) is 23.7 Å². The Morgan fingerprint density at radius 2 is 1.74 bits per heavy atom. The lowest BCUT2D eigenvalue weighted by Gasteiger charge is -2.26. The van der Waals surface area contributed by atoms with E-state index in [4.69, 9.17) is 4.74 Å². The van der Waals surface area contributed by atoms with Crippen molar-refractivity contribution < 1.29 is 31.5 Å². The van der Waals surface area contributed by atoms with Gasteiger partial charge in [0.25, 0.3) is 0 Å². The van der Waals surface area contributed by atoms with Gasteiger partial charge < -0.3 is 20.7 Å². The maximum absolute atomic E-state index is 13.3. The molecule has 1 heterocycles. The molecule has 2 aromatic rings. The summed E-state index contributed by atoms with van der Waals surface area (Å²) in [5, 5.41) is 7.15. The number of urea groups is 1. The lowest BCUT2D eigenvalue weighted by molar-refractivity contribution is -0.115. The maximum Gasteiger partial charge on any atom is 0.319 e. The molecule has 1 saturated heterocycles. The molecule has 0 spiro atoms. The fraction of sp³-hybridized carbons (Fsp3) is 0.364. The third kappa shape index (κ3) is 6.41. The minimum Gasteiger partial charge on any atom is -0.492 e. The van der Waals surface area contributed by atoms with E-state index in [0.717, 1.165) is 31.4 Å². The normalized spacial score (nSPS) is 14.3. The molecule has 0 atom stereocenters. The summed E-state index contributed by atoms with van der Waals surface area (Å²) in [5.74, 6) is -2.58. The van der Waals surface area contributed by atoms with Gasteiger partial charge in [0, 0.05) is 24.8 Å². The van der Waals surface area contributed by atoms with E-state index in [0.29, 0.717) is 13.1 Å². The van der Waals surface area contributed by atoms with Crippen molar-refractivity contribution in [2.75, 3.05) is 36.9 Å². The zero-order chi connectivity index (χ0) is 24.7. The number of ether oxygens (including phenoxy) is 1. The van der Waals surface area contributed by atoms with Gasteiger partial charge in [-0.25, -0.2) is 22.0 Å². The lowest BCUT2D eigenvalue weighted by atomic mass is 10.2. The van der Waals surface area contributed by atoms with Crippen LogP contribution >= 0.6 is 0 Å². The molecule has 0 unspecified atom stereocenters. The number of rotatable bonds is 8. The van der Waals surface area contributed by atoms with Crippen LogP contribution in [-0.2, 0) is 14.8 Å². The highest BCUT2D eigenvalue weighted by Crippen LogP contribution is 2.30. The second kappa shape index (κ2) is 11.3. The van der Waals surface area contributed by atoms with Crippen molar-refractivity contribution in [3.05, 3.63) is 48.0 Å². The molecule has 184 valence electrons. The van der Waals surface area contributed by atoms with Crippen molar-refractivity contribution in [1.82, 2.24) is 9.62 Å². The Hall–Kier alpha value is -3.25. The molecule has 0 radical (unpaired) electrons. The fourth-order valence-electron chi connectivity index (χ4n) is 3.41. The Balaban J connectivity index is 1.66. The molecule has 2 aromatic carbocycles. The summed E-state index contributed by atoms with van der Waals surface area (Å²) < 4.78 is 59.1. The topological polar surface area (TPSA) is 117 Å². The van der Waals surface area contributed by atoms with Gasteiger partial charge in [0.15, 0.2) is 11.6 Å². The van der Waals surface area contributed by atoms with E-state index in [-0.39, 0.29) is 28.6 Å². The van der Waals surface area contributed by atoms with E-state index in [2.05, 4.69) is 16.0 Å². The maximum atomic E-state index is 13.3. The number of hydrogen-bond donors (Lipinski definition) is 3. The average molecular weight is 497 g/mol. The predicted molar refractivity (Wildman–Crippen MR) is 122 cm³/mol. The highest BCUT2D eigenvalue weighted by atomic mass is 32.2. The molecule has 3 rings (SSSR count). The van der Waals surface area contributed by atoms with Crippen LogP contribution in [0.3, 0.4) is 0 Å². The summed E-state index contributed by atoms with van der Waals surface area (Å²) in [6.07, 6.45) is 2.55. The molecule has 3 N–H and O–H groups in total. The zero-order valence-electron chi connectivity index (χ0n) is 18.6. The summed E-state index contributed by atoms with van der Waals surface area (Å²) in [6, 6.07) is 6.28. The van der Waals surface area contributed by atoms with Crippen molar-refractivity contribution in [3.8, 4) is 5.75 Å². The minimum absolute atomic E-state index is 0.0178. The number of hydrogen-bond acceptors (Lipinski definition) is 5. The van der Waals surface area contributed by atoms with Crippen LogP contribution < -0.4 is 20.7 Å². The average Bonchev–Trinajstić information content (AvgIpc) is 2.82. The molecule has 9 nitrogen and oxygen atoms in total. The number of halogens is 2. The number of piperidine rings is 1. The number of nitrogens with zero attached hydrogens (tertiary/aromatic N) is 1.